The summed E-state index contributed by atoms with van der Waals surface area (Å²) < 4.78 is 13.1. The van der Waals surface area contributed by atoms with E-state index in [0.29, 0.717) is 5.70 Å². The second-order valence-electron chi connectivity index (χ2n) is 2.78. The van der Waals surface area contributed by atoms with E-state index in [1.54, 1.807) is 25.1 Å². The number of hydrogen-bond acceptors (Lipinski definition) is 2. The van der Waals surface area contributed by atoms with Gasteiger partial charge in [-0.15, -0.1) is 0 Å². The largest absolute Gasteiger partial charge is 0.402 e. The Morgan fingerprint density at radius 3 is 2.33 bits per heavy atom. The fraction of sp³-hybridized carbons (Fsp3) is 0.250. The molecule has 82 valence electrons. The van der Waals surface area contributed by atoms with Gasteiger partial charge in [0.2, 0.25) is 0 Å². The van der Waals surface area contributed by atoms with Crippen molar-refractivity contribution in [1.82, 2.24) is 0 Å². The summed E-state index contributed by atoms with van der Waals surface area (Å²) in [4.78, 5) is 0. The van der Waals surface area contributed by atoms with Gasteiger partial charge in [-0.2, -0.15) is 0 Å². The lowest BCUT2D eigenvalue weighted by atomic mass is 10.1. The molecule has 15 heavy (non-hydrogen) atoms. The lowest BCUT2D eigenvalue weighted by Crippen LogP contribution is -2.02. The molecule has 0 aliphatic carbocycles. The fourth-order valence-electron chi connectivity index (χ4n) is 0.985. The SMILES string of the molecule is C/C(N)=C/C(=N)c1ccccc1F.CC. The Kier molecular flexibility index (Phi) is 6.02. The van der Waals surface area contributed by atoms with Crippen LogP contribution in [0.15, 0.2) is 36.0 Å². The standard InChI is InChI=1S/C10H11FN2.C2H6/c1-7(12)6-10(13)8-4-2-3-5-9(8)11;1-2/h2-6,13H,12H2,1H3;1-2H3/b7-6-,13-10?;. The average molecular weight is 208 g/mol. The zero-order valence-corrected chi connectivity index (χ0v) is 9.34. The molecule has 1 aromatic rings. The third-order valence-electron chi connectivity index (χ3n) is 1.54. The van der Waals surface area contributed by atoms with Crippen molar-refractivity contribution in [1.29, 1.82) is 5.41 Å². The Balaban J connectivity index is 0.000000921. The second-order valence-corrected chi connectivity index (χ2v) is 2.78. The van der Waals surface area contributed by atoms with E-state index in [-0.39, 0.29) is 11.3 Å². The van der Waals surface area contributed by atoms with Crippen LogP contribution in [0.4, 0.5) is 4.39 Å². The first-order valence-corrected chi connectivity index (χ1v) is 4.88. The summed E-state index contributed by atoms with van der Waals surface area (Å²) in [6.45, 7) is 5.66. The molecule has 2 nitrogen and oxygen atoms in total. The van der Waals surface area contributed by atoms with E-state index >= 15 is 0 Å². The summed E-state index contributed by atoms with van der Waals surface area (Å²) >= 11 is 0. The summed E-state index contributed by atoms with van der Waals surface area (Å²) in [6, 6.07) is 6.15. The van der Waals surface area contributed by atoms with Crippen molar-refractivity contribution in [3.05, 3.63) is 47.4 Å². The number of benzene rings is 1. The van der Waals surface area contributed by atoms with Gasteiger partial charge in [0.25, 0.3) is 0 Å². The minimum absolute atomic E-state index is 0.0955. The number of allylic oxidation sites excluding steroid dienone is 2. The highest BCUT2D eigenvalue weighted by Crippen LogP contribution is 2.07. The van der Waals surface area contributed by atoms with Gasteiger partial charge in [0.15, 0.2) is 0 Å². The van der Waals surface area contributed by atoms with Crippen LogP contribution >= 0.6 is 0 Å². The first-order valence-electron chi connectivity index (χ1n) is 4.88. The summed E-state index contributed by atoms with van der Waals surface area (Å²) in [5.41, 5.74) is 6.24. The van der Waals surface area contributed by atoms with Gasteiger partial charge in [-0.25, -0.2) is 4.39 Å². The van der Waals surface area contributed by atoms with Crippen LogP contribution in [-0.4, -0.2) is 5.71 Å². The number of nitrogens with two attached hydrogens (primary N) is 1. The minimum Gasteiger partial charge on any atom is -0.402 e. The normalized spacial score (nSPS) is 10.3. The molecular weight excluding hydrogens is 191 g/mol. The van der Waals surface area contributed by atoms with Gasteiger partial charge in [0.1, 0.15) is 5.82 Å². The molecule has 1 aromatic carbocycles. The predicted octanol–water partition coefficient (Wildman–Crippen LogP) is 3.08. The molecule has 3 heteroatoms. The number of nitrogens with one attached hydrogen (secondary N) is 1. The minimum atomic E-state index is -0.398. The first kappa shape index (κ1) is 13.4. The van der Waals surface area contributed by atoms with Crippen LogP contribution in [0.2, 0.25) is 0 Å². The monoisotopic (exact) mass is 208 g/mol. The van der Waals surface area contributed by atoms with Crippen LogP contribution < -0.4 is 5.73 Å². The van der Waals surface area contributed by atoms with Crippen LogP contribution in [0.3, 0.4) is 0 Å². The highest BCUT2D eigenvalue weighted by Gasteiger charge is 2.03. The molecule has 0 aromatic heterocycles. The first-order chi connectivity index (χ1) is 7.11. The lowest BCUT2D eigenvalue weighted by Gasteiger charge is -2.00. The van der Waals surface area contributed by atoms with E-state index in [1.807, 2.05) is 13.8 Å². The Hall–Kier alpha value is -1.64. The summed E-state index contributed by atoms with van der Waals surface area (Å²) in [5, 5.41) is 7.50. The molecule has 0 heterocycles. The smallest absolute Gasteiger partial charge is 0.132 e. The highest BCUT2D eigenvalue weighted by atomic mass is 19.1. The maximum absolute atomic E-state index is 13.1. The van der Waals surface area contributed by atoms with Crippen LogP contribution in [0.5, 0.6) is 0 Å². The van der Waals surface area contributed by atoms with E-state index in [1.165, 1.54) is 12.1 Å². The van der Waals surface area contributed by atoms with Crippen LogP contribution in [0.1, 0.15) is 26.3 Å². The Morgan fingerprint density at radius 2 is 1.87 bits per heavy atom. The predicted molar refractivity (Wildman–Crippen MR) is 62.5 cm³/mol. The van der Waals surface area contributed by atoms with Gasteiger partial charge in [0, 0.05) is 11.3 Å². The molecule has 0 unspecified atom stereocenters. The van der Waals surface area contributed by atoms with E-state index in [9.17, 15) is 4.39 Å². The van der Waals surface area contributed by atoms with Crippen molar-refractivity contribution >= 4 is 5.71 Å². The van der Waals surface area contributed by atoms with Gasteiger partial charge in [-0.1, -0.05) is 26.0 Å². The topological polar surface area (TPSA) is 49.9 Å². The van der Waals surface area contributed by atoms with Crippen molar-refractivity contribution in [3.63, 3.8) is 0 Å². The Morgan fingerprint density at radius 1 is 1.33 bits per heavy atom. The average Bonchev–Trinajstić information content (AvgIpc) is 2.20. The quantitative estimate of drug-likeness (QED) is 0.721. The van der Waals surface area contributed by atoms with E-state index in [4.69, 9.17) is 11.1 Å². The van der Waals surface area contributed by atoms with Crippen LogP contribution in [0, 0.1) is 11.2 Å². The summed E-state index contributed by atoms with van der Waals surface area (Å²) in [5.74, 6) is -0.398. The van der Waals surface area contributed by atoms with Crippen molar-refractivity contribution in [3.8, 4) is 0 Å². The molecule has 0 aliphatic rings. The van der Waals surface area contributed by atoms with Crippen molar-refractivity contribution in [2.24, 2.45) is 5.73 Å². The molecule has 0 fully saturated rings. The molecule has 0 saturated heterocycles. The molecular formula is C12H17FN2. The maximum Gasteiger partial charge on any atom is 0.132 e. The number of rotatable bonds is 2. The lowest BCUT2D eigenvalue weighted by molar-refractivity contribution is 0.625. The van der Waals surface area contributed by atoms with Gasteiger partial charge in [-0.3, -0.25) is 0 Å². The summed E-state index contributed by atoms with van der Waals surface area (Å²) in [6.07, 6.45) is 1.43. The molecule has 0 spiro atoms. The Labute approximate surface area is 90.1 Å². The molecule has 1 rings (SSSR count). The van der Waals surface area contributed by atoms with E-state index in [2.05, 4.69) is 0 Å². The maximum atomic E-state index is 13.1. The highest BCUT2D eigenvalue weighted by molar-refractivity contribution is 6.06. The third-order valence-corrected chi connectivity index (χ3v) is 1.54. The summed E-state index contributed by atoms with van der Waals surface area (Å²) in [7, 11) is 0. The van der Waals surface area contributed by atoms with Crippen LogP contribution in [-0.2, 0) is 0 Å². The van der Waals surface area contributed by atoms with Gasteiger partial charge in [0.05, 0.1) is 5.71 Å². The molecule has 0 aliphatic heterocycles. The fourth-order valence-corrected chi connectivity index (χ4v) is 0.985. The van der Waals surface area contributed by atoms with Gasteiger partial charge >= 0.3 is 0 Å². The third kappa shape index (κ3) is 4.40. The molecule has 0 atom stereocenters. The van der Waals surface area contributed by atoms with Crippen LogP contribution in [0.25, 0.3) is 0 Å². The number of halogens is 1. The molecule has 0 bridgehead atoms. The second kappa shape index (κ2) is 6.76. The van der Waals surface area contributed by atoms with Crippen molar-refractivity contribution in [2.75, 3.05) is 0 Å². The molecule has 0 radical (unpaired) electrons. The zero-order valence-electron chi connectivity index (χ0n) is 9.34. The number of hydrogen-bond donors (Lipinski definition) is 2. The van der Waals surface area contributed by atoms with Crippen molar-refractivity contribution in [2.45, 2.75) is 20.8 Å². The van der Waals surface area contributed by atoms with E-state index < -0.39 is 5.82 Å². The van der Waals surface area contributed by atoms with Crippen molar-refractivity contribution < 1.29 is 4.39 Å². The Bertz CT molecular complexity index is 352. The molecule has 0 amide bonds. The molecule has 0 saturated carbocycles. The molecule has 3 N–H and O–H groups in total. The zero-order chi connectivity index (χ0) is 11.8. The van der Waals surface area contributed by atoms with Gasteiger partial charge in [-0.05, 0) is 25.1 Å². The van der Waals surface area contributed by atoms with E-state index in [0.717, 1.165) is 0 Å². The van der Waals surface area contributed by atoms with Gasteiger partial charge < -0.3 is 11.1 Å².